The van der Waals surface area contributed by atoms with Gasteiger partial charge in [0, 0.05) is 12.3 Å². The molecule has 1 aromatic rings. The maximum Gasteiger partial charge on any atom is 0.341 e. The second-order valence-corrected chi connectivity index (χ2v) is 3.23. The predicted octanol–water partition coefficient (Wildman–Crippen LogP) is 0.751. The van der Waals surface area contributed by atoms with Crippen LogP contribution >= 0.6 is 0 Å². The Labute approximate surface area is 110 Å². The van der Waals surface area contributed by atoms with Gasteiger partial charge in [0.1, 0.15) is 0 Å². The molecule has 0 aromatic carbocycles. The second-order valence-electron chi connectivity index (χ2n) is 3.23. The van der Waals surface area contributed by atoms with Gasteiger partial charge < -0.3 is 14.5 Å². The molecule has 96 valence electrons. The van der Waals surface area contributed by atoms with E-state index < -0.39 is 11.9 Å². The normalized spacial score (nSPS) is 10.1. The molecule has 0 bridgehead atoms. The number of rotatable bonds is 5. The number of carbonyl (C=O) groups is 2. The molecular formula is C14H11NO4. The monoisotopic (exact) mass is 257 g/mol. The van der Waals surface area contributed by atoms with Crippen molar-refractivity contribution < 1.29 is 19.1 Å². The Bertz CT molecular complexity index is 555. The molecule has 1 heterocycles. The van der Waals surface area contributed by atoms with Crippen molar-refractivity contribution in [3.05, 3.63) is 30.1 Å². The summed E-state index contributed by atoms with van der Waals surface area (Å²) in [6, 6.07) is 3.28. The highest BCUT2D eigenvalue weighted by molar-refractivity contribution is 6.20. The van der Waals surface area contributed by atoms with Gasteiger partial charge in [-0.15, -0.1) is 12.8 Å². The summed E-state index contributed by atoms with van der Waals surface area (Å²) >= 11 is 0. The van der Waals surface area contributed by atoms with Crippen molar-refractivity contribution in [3.63, 3.8) is 0 Å². The zero-order valence-corrected chi connectivity index (χ0v) is 10.0. The van der Waals surface area contributed by atoms with E-state index in [1.54, 1.807) is 18.3 Å². The zero-order valence-electron chi connectivity index (χ0n) is 10.0. The van der Waals surface area contributed by atoms with E-state index in [2.05, 4.69) is 21.6 Å². The number of hydrogen-bond acceptors (Lipinski definition) is 4. The first kappa shape index (κ1) is 14.1. The van der Waals surface area contributed by atoms with Crippen LogP contribution in [0.25, 0.3) is 5.57 Å². The van der Waals surface area contributed by atoms with Crippen LogP contribution in [0.15, 0.2) is 24.4 Å². The number of aromatic nitrogens is 1. The molecular weight excluding hydrogens is 246 g/mol. The van der Waals surface area contributed by atoms with E-state index in [4.69, 9.17) is 17.6 Å². The number of hydrogen-bond donors (Lipinski definition) is 1. The average Bonchev–Trinajstić information content (AvgIpc) is 2.93. The van der Waals surface area contributed by atoms with Gasteiger partial charge in [0.25, 0.3) is 0 Å². The van der Waals surface area contributed by atoms with E-state index in [1.807, 2.05) is 0 Å². The van der Waals surface area contributed by atoms with Gasteiger partial charge >= 0.3 is 11.9 Å². The van der Waals surface area contributed by atoms with E-state index in [-0.39, 0.29) is 18.8 Å². The van der Waals surface area contributed by atoms with Crippen molar-refractivity contribution in [2.24, 2.45) is 0 Å². The van der Waals surface area contributed by atoms with Crippen LogP contribution in [0.1, 0.15) is 5.69 Å². The fourth-order valence-corrected chi connectivity index (χ4v) is 1.20. The number of nitrogens with one attached hydrogen (secondary N) is 1. The van der Waals surface area contributed by atoms with E-state index >= 15 is 0 Å². The molecule has 0 saturated heterocycles. The molecule has 1 aromatic heterocycles. The molecule has 0 fully saturated rings. The molecule has 0 aliphatic carbocycles. The summed E-state index contributed by atoms with van der Waals surface area (Å²) in [6.45, 7) is -0.358. The first-order chi connectivity index (χ1) is 9.19. The summed E-state index contributed by atoms with van der Waals surface area (Å²) in [5, 5.41) is 0. The molecule has 1 rings (SSSR count). The Morgan fingerprint density at radius 3 is 2.53 bits per heavy atom. The third-order valence-electron chi connectivity index (χ3n) is 1.95. The summed E-state index contributed by atoms with van der Waals surface area (Å²) < 4.78 is 9.43. The molecule has 0 saturated carbocycles. The largest absolute Gasteiger partial charge is 0.449 e. The van der Waals surface area contributed by atoms with Crippen LogP contribution in [0.2, 0.25) is 0 Å². The lowest BCUT2D eigenvalue weighted by atomic mass is 10.2. The minimum absolute atomic E-state index is 0.0160. The summed E-state index contributed by atoms with van der Waals surface area (Å²) in [6.07, 6.45) is 12.6. The number of H-pyrrole nitrogens is 1. The average molecular weight is 257 g/mol. The minimum atomic E-state index is -0.736. The molecule has 0 unspecified atom stereocenters. The van der Waals surface area contributed by atoms with E-state index in [9.17, 15) is 9.59 Å². The van der Waals surface area contributed by atoms with E-state index in [1.165, 1.54) is 0 Å². The Balaban J connectivity index is 2.91. The molecule has 0 aliphatic heterocycles. The molecule has 0 amide bonds. The van der Waals surface area contributed by atoms with Crippen LogP contribution in [-0.2, 0) is 19.1 Å². The van der Waals surface area contributed by atoms with Crippen molar-refractivity contribution >= 4 is 17.5 Å². The van der Waals surface area contributed by atoms with Gasteiger partial charge in [0.15, 0.2) is 13.2 Å². The van der Waals surface area contributed by atoms with Crippen LogP contribution < -0.4 is 0 Å². The minimum Gasteiger partial charge on any atom is -0.449 e. The Kier molecular flexibility index (Phi) is 5.52. The molecule has 0 radical (unpaired) electrons. The molecule has 0 aliphatic rings. The zero-order chi connectivity index (χ0) is 14.1. The summed E-state index contributed by atoms with van der Waals surface area (Å²) in [5.74, 6) is 2.85. The van der Waals surface area contributed by atoms with Gasteiger partial charge in [-0.05, 0) is 12.1 Å². The molecule has 0 spiro atoms. The summed E-state index contributed by atoms with van der Waals surface area (Å²) in [5.41, 5.74) is 0.432. The maximum atomic E-state index is 11.8. The number of ether oxygens (including phenoxy) is 2. The summed E-state index contributed by atoms with van der Waals surface area (Å²) in [7, 11) is 0. The second kappa shape index (κ2) is 7.41. The number of esters is 2. The van der Waals surface area contributed by atoms with Crippen molar-refractivity contribution in [3.8, 4) is 24.7 Å². The standard InChI is InChI=1S/C14H11NO4/c1-3-8-18-13(16)10-11(12-6-5-7-15-12)14(17)19-9-4-2/h1-2,5-7,10,15H,8-9H2/b11-10-. The first-order valence-electron chi connectivity index (χ1n) is 5.25. The maximum absolute atomic E-state index is 11.8. The first-order valence-corrected chi connectivity index (χ1v) is 5.25. The highest BCUT2D eigenvalue weighted by atomic mass is 16.5. The van der Waals surface area contributed by atoms with Gasteiger partial charge in [0.05, 0.1) is 11.3 Å². The van der Waals surface area contributed by atoms with Crippen molar-refractivity contribution in [1.29, 1.82) is 0 Å². The van der Waals surface area contributed by atoms with E-state index in [0.29, 0.717) is 5.69 Å². The highest BCUT2D eigenvalue weighted by Crippen LogP contribution is 2.14. The van der Waals surface area contributed by atoms with Gasteiger partial charge in [0.2, 0.25) is 0 Å². The highest BCUT2D eigenvalue weighted by Gasteiger charge is 2.16. The topological polar surface area (TPSA) is 68.4 Å². The summed E-state index contributed by atoms with van der Waals surface area (Å²) in [4.78, 5) is 26.0. The lowest BCUT2D eigenvalue weighted by Gasteiger charge is -2.04. The quantitative estimate of drug-likeness (QED) is 0.480. The third kappa shape index (κ3) is 4.45. The molecule has 19 heavy (non-hydrogen) atoms. The van der Waals surface area contributed by atoms with Crippen LogP contribution in [0, 0.1) is 24.7 Å². The number of terminal acetylenes is 2. The predicted molar refractivity (Wildman–Crippen MR) is 68.4 cm³/mol. The molecule has 5 heteroatoms. The fourth-order valence-electron chi connectivity index (χ4n) is 1.20. The van der Waals surface area contributed by atoms with Crippen molar-refractivity contribution in [2.45, 2.75) is 0 Å². The van der Waals surface area contributed by atoms with Crippen LogP contribution in [0.5, 0.6) is 0 Å². The fraction of sp³-hybridized carbons (Fsp3) is 0.143. The van der Waals surface area contributed by atoms with E-state index in [0.717, 1.165) is 6.08 Å². The molecule has 0 atom stereocenters. The lowest BCUT2D eigenvalue weighted by Crippen LogP contribution is -2.11. The van der Waals surface area contributed by atoms with Gasteiger partial charge in [-0.2, -0.15) is 0 Å². The van der Waals surface area contributed by atoms with Crippen molar-refractivity contribution in [1.82, 2.24) is 4.98 Å². The third-order valence-corrected chi connectivity index (χ3v) is 1.95. The SMILES string of the molecule is C#CCOC(=O)/C=C(\C(=O)OCC#C)c1ccc[nH]1. The van der Waals surface area contributed by atoms with Gasteiger partial charge in [-0.1, -0.05) is 11.8 Å². The van der Waals surface area contributed by atoms with Crippen LogP contribution in [-0.4, -0.2) is 30.1 Å². The van der Waals surface area contributed by atoms with Crippen LogP contribution in [0.3, 0.4) is 0 Å². The smallest absolute Gasteiger partial charge is 0.341 e. The van der Waals surface area contributed by atoms with Gasteiger partial charge in [-0.3, -0.25) is 0 Å². The Morgan fingerprint density at radius 1 is 1.26 bits per heavy atom. The van der Waals surface area contributed by atoms with Gasteiger partial charge in [-0.25, -0.2) is 9.59 Å². The number of aromatic amines is 1. The lowest BCUT2D eigenvalue weighted by molar-refractivity contribution is -0.138. The van der Waals surface area contributed by atoms with Crippen LogP contribution in [0.4, 0.5) is 0 Å². The van der Waals surface area contributed by atoms with Crippen molar-refractivity contribution in [2.75, 3.05) is 13.2 Å². The Hall–Kier alpha value is -2.92. The molecule has 5 nitrogen and oxygen atoms in total. The molecule has 1 N–H and O–H groups in total. The number of carbonyl (C=O) groups excluding carboxylic acids is 2. The Morgan fingerprint density at radius 2 is 1.95 bits per heavy atom.